The molecular formula is C11H11ClN2. The molecule has 72 valence electrons. The maximum absolute atomic E-state index is 8.94. The first-order valence-corrected chi connectivity index (χ1v) is 5.05. The van der Waals surface area contributed by atoms with Crippen molar-refractivity contribution in [2.75, 3.05) is 13.1 Å². The number of hydrogen-bond acceptors (Lipinski definition) is 2. The molecule has 2 nitrogen and oxygen atoms in total. The van der Waals surface area contributed by atoms with E-state index in [1.165, 1.54) is 0 Å². The van der Waals surface area contributed by atoms with Gasteiger partial charge in [0.05, 0.1) is 12.0 Å². The normalized spacial score (nSPS) is 26.0. The molecule has 0 aromatic heterocycles. The van der Waals surface area contributed by atoms with E-state index in [2.05, 4.69) is 11.4 Å². The molecule has 1 aromatic carbocycles. The van der Waals surface area contributed by atoms with Crippen LogP contribution in [0.25, 0.3) is 0 Å². The number of nitrogens with one attached hydrogen (secondary N) is 1. The van der Waals surface area contributed by atoms with Crippen LogP contribution in [0.5, 0.6) is 0 Å². The van der Waals surface area contributed by atoms with Gasteiger partial charge in [-0.15, -0.1) is 0 Å². The molecule has 14 heavy (non-hydrogen) atoms. The zero-order valence-corrected chi connectivity index (χ0v) is 8.46. The fraction of sp³-hybridized carbons (Fsp3) is 0.364. The molecule has 2 rings (SSSR count). The highest BCUT2D eigenvalue weighted by molar-refractivity contribution is 6.30. The highest BCUT2D eigenvalue weighted by Crippen LogP contribution is 2.28. The van der Waals surface area contributed by atoms with E-state index in [4.69, 9.17) is 16.9 Å². The fourth-order valence-corrected chi connectivity index (χ4v) is 2.10. The van der Waals surface area contributed by atoms with Crippen LogP contribution in [0.4, 0.5) is 0 Å². The van der Waals surface area contributed by atoms with Gasteiger partial charge in [0.1, 0.15) is 0 Å². The van der Waals surface area contributed by atoms with Gasteiger partial charge in [-0.05, 0) is 17.7 Å². The Bertz CT molecular complexity index is 370. The maximum Gasteiger partial charge on any atom is 0.0676 e. The van der Waals surface area contributed by atoms with Crippen molar-refractivity contribution in [1.82, 2.24) is 5.32 Å². The minimum absolute atomic E-state index is 0.0773. The van der Waals surface area contributed by atoms with Crippen LogP contribution < -0.4 is 5.32 Å². The van der Waals surface area contributed by atoms with Crippen molar-refractivity contribution in [3.63, 3.8) is 0 Å². The summed E-state index contributed by atoms with van der Waals surface area (Å²) in [4.78, 5) is 0. The van der Waals surface area contributed by atoms with Crippen molar-refractivity contribution in [3.8, 4) is 6.07 Å². The molecule has 1 N–H and O–H groups in total. The SMILES string of the molecule is N#C[C@@H]1CNC[C@H]1c1cccc(Cl)c1. The van der Waals surface area contributed by atoms with Crippen LogP contribution in [0.3, 0.4) is 0 Å². The monoisotopic (exact) mass is 206 g/mol. The van der Waals surface area contributed by atoms with Gasteiger partial charge in [-0.1, -0.05) is 23.7 Å². The van der Waals surface area contributed by atoms with Crippen LogP contribution >= 0.6 is 11.6 Å². The van der Waals surface area contributed by atoms with E-state index in [1.807, 2.05) is 24.3 Å². The third kappa shape index (κ3) is 1.75. The molecule has 0 amide bonds. The van der Waals surface area contributed by atoms with Crippen LogP contribution in [-0.4, -0.2) is 13.1 Å². The summed E-state index contributed by atoms with van der Waals surface area (Å²) in [6, 6.07) is 10.1. The molecule has 1 aliphatic heterocycles. The van der Waals surface area contributed by atoms with Crippen molar-refractivity contribution < 1.29 is 0 Å². The summed E-state index contributed by atoms with van der Waals surface area (Å²) < 4.78 is 0. The first kappa shape index (κ1) is 9.51. The standard InChI is InChI=1S/C11H11ClN2/c12-10-3-1-2-8(4-10)11-7-14-6-9(11)5-13/h1-4,9,11,14H,6-7H2/t9-,11+/m1/s1. The summed E-state index contributed by atoms with van der Waals surface area (Å²) in [5, 5.41) is 12.9. The third-order valence-electron chi connectivity index (χ3n) is 2.66. The molecule has 0 saturated carbocycles. The summed E-state index contributed by atoms with van der Waals surface area (Å²) in [5.41, 5.74) is 1.16. The van der Waals surface area contributed by atoms with Crippen molar-refractivity contribution >= 4 is 11.6 Å². The topological polar surface area (TPSA) is 35.8 Å². The Labute approximate surface area is 88.5 Å². The number of halogens is 1. The van der Waals surface area contributed by atoms with E-state index in [0.717, 1.165) is 23.7 Å². The second-order valence-electron chi connectivity index (χ2n) is 3.56. The van der Waals surface area contributed by atoms with Gasteiger partial charge < -0.3 is 5.32 Å². The van der Waals surface area contributed by atoms with E-state index in [-0.39, 0.29) is 5.92 Å². The second-order valence-corrected chi connectivity index (χ2v) is 3.99. The van der Waals surface area contributed by atoms with Crippen molar-refractivity contribution in [2.24, 2.45) is 5.92 Å². The van der Waals surface area contributed by atoms with Gasteiger partial charge >= 0.3 is 0 Å². The van der Waals surface area contributed by atoms with E-state index in [0.29, 0.717) is 5.92 Å². The predicted octanol–water partition coefficient (Wildman–Crippen LogP) is 2.17. The van der Waals surface area contributed by atoms with Gasteiger partial charge in [-0.2, -0.15) is 5.26 Å². The number of nitrogens with zero attached hydrogens (tertiary/aromatic N) is 1. The Hall–Kier alpha value is -1.04. The van der Waals surface area contributed by atoms with E-state index in [9.17, 15) is 0 Å². The average molecular weight is 207 g/mol. The van der Waals surface area contributed by atoms with E-state index in [1.54, 1.807) is 0 Å². The zero-order chi connectivity index (χ0) is 9.97. The van der Waals surface area contributed by atoms with E-state index >= 15 is 0 Å². The molecule has 0 radical (unpaired) electrons. The van der Waals surface area contributed by atoms with Crippen molar-refractivity contribution in [2.45, 2.75) is 5.92 Å². The van der Waals surface area contributed by atoms with Crippen LogP contribution in [0, 0.1) is 17.2 Å². The smallest absolute Gasteiger partial charge is 0.0676 e. The van der Waals surface area contributed by atoms with E-state index < -0.39 is 0 Å². The predicted molar refractivity (Wildman–Crippen MR) is 56.2 cm³/mol. The molecule has 1 aliphatic rings. The Morgan fingerprint density at radius 2 is 2.29 bits per heavy atom. The first-order chi connectivity index (χ1) is 6.81. The van der Waals surface area contributed by atoms with Crippen LogP contribution in [0.2, 0.25) is 5.02 Å². The summed E-state index contributed by atoms with van der Waals surface area (Å²) >= 11 is 5.91. The summed E-state index contributed by atoms with van der Waals surface area (Å²) in [7, 11) is 0. The van der Waals surface area contributed by atoms with Gasteiger partial charge in [-0.3, -0.25) is 0 Å². The molecule has 1 saturated heterocycles. The molecule has 1 fully saturated rings. The van der Waals surface area contributed by atoms with Crippen LogP contribution in [0.1, 0.15) is 11.5 Å². The molecule has 1 aromatic rings. The third-order valence-corrected chi connectivity index (χ3v) is 2.89. The number of nitriles is 1. The van der Waals surface area contributed by atoms with Crippen molar-refractivity contribution in [1.29, 1.82) is 5.26 Å². The second kappa shape index (κ2) is 4.00. The van der Waals surface area contributed by atoms with Gasteiger partial charge in [0.15, 0.2) is 0 Å². The highest BCUT2D eigenvalue weighted by atomic mass is 35.5. The summed E-state index contributed by atoms with van der Waals surface area (Å²) in [5.74, 6) is 0.368. The Morgan fingerprint density at radius 1 is 1.43 bits per heavy atom. The molecule has 3 heteroatoms. The molecule has 0 spiro atoms. The molecule has 0 unspecified atom stereocenters. The summed E-state index contributed by atoms with van der Waals surface area (Å²) in [6.45, 7) is 1.66. The molecule has 0 aliphatic carbocycles. The fourth-order valence-electron chi connectivity index (χ4n) is 1.90. The lowest BCUT2D eigenvalue weighted by molar-refractivity contribution is 0.646. The minimum atomic E-state index is 0.0773. The Kier molecular flexibility index (Phi) is 2.72. The number of rotatable bonds is 1. The highest BCUT2D eigenvalue weighted by Gasteiger charge is 2.28. The first-order valence-electron chi connectivity index (χ1n) is 4.67. The van der Waals surface area contributed by atoms with Crippen molar-refractivity contribution in [3.05, 3.63) is 34.9 Å². The van der Waals surface area contributed by atoms with Crippen LogP contribution in [0.15, 0.2) is 24.3 Å². The minimum Gasteiger partial charge on any atom is -0.315 e. The molecule has 0 bridgehead atoms. The Balaban J connectivity index is 2.27. The maximum atomic E-state index is 8.94. The number of hydrogen-bond donors (Lipinski definition) is 1. The van der Waals surface area contributed by atoms with Gasteiger partial charge in [0.2, 0.25) is 0 Å². The number of benzene rings is 1. The Morgan fingerprint density at radius 3 is 3.00 bits per heavy atom. The lowest BCUT2D eigenvalue weighted by atomic mass is 9.90. The molecule has 2 atom stereocenters. The quantitative estimate of drug-likeness (QED) is 0.765. The van der Waals surface area contributed by atoms with Gasteiger partial charge in [0, 0.05) is 24.0 Å². The lowest BCUT2D eigenvalue weighted by Gasteiger charge is -2.12. The largest absolute Gasteiger partial charge is 0.315 e. The van der Waals surface area contributed by atoms with Gasteiger partial charge in [-0.25, -0.2) is 0 Å². The van der Waals surface area contributed by atoms with Gasteiger partial charge in [0.25, 0.3) is 0 Å². The zero-order valence-electron chi connectivity index (χ0n) is 7.70. The molecular weight excluding hydrogens is 196 g/mol. The summed E-state index contributed by atoms with van der Waals surface area (Å²) in [6.07, 6.45) is 0. The lowest BCUT2D eigenvalue weighted by Crippen LogP contribution is -2.08. The van der Waals surface area contributed by atoms with Crippen LogP contribution in [-0.2, 0) is 0 Å². The molecule has 1 heterocycles. The average Bonchev–Trinajstić information content (AvgIpc) is 2.65.